The summed E-state index contributed by atoms with van der Waals surface area (Å²) in [4.78, 5) is 2.55. The highest BCUT2D eigenvalue weighted by molar-refractivity contribution is 5.72. The fraction of sp³-hybridized carbons (Fsp3) is 0.579. The minimum atomic E-state index is 1.10. The third-order valence-electron chi connectivity index (χ3n) is 4.15. The quantitative estimate of drug-likeness (QED) is 0.551. The summed E-state index contributed by atoms with van der Waals surface area (Å²) >= 11 is 0. The van der Waals surface area contributed by atoms with Crippen molar-refractivity contribution in [1.29, 1.82) is 0 Å². The van der Waals surface area contributed by atoms with E-state index in [9.17, 15) is 0 Å². The molecule has 1 heteroatoms. The van der Waals surface area contributed by atoms with Crippen molar-refractivity contribution in [3.05, 3.63) is 35.4 Å². The van der Waals surface area contributed by atoms with E-state index in [1.807, 2.05) is 0 Å². The van der Waals surface area contributed by atoms with Gasteiger partial charge in [-0.2, -0.15) is 0 Å². The number of hydrogen-bond donors (Lipinski definition) is 0. The topological polar surface area (TPSA) is 3.24 Å². The molecule has 0 radical (unpaired) electrons. The van der Waals surface area contributed by atoms with Gasteiger partial charge < -0.3 is 4.90 Å². The van der Waals surface area contributed by atoms with Gasteiger partial charge in [0.05, 0.1) is 0 Å². The maximum atomic E-state index is 2.55. The van der Waals surface area contributed by atoms with Crippen LogP contribution in [0.4, 0.5) is 5.69 Å². The Morgan fingerprint density at radius 1 is 0.950 bits per heavy atom. The van der Waals surface area contributed by atoms with Crippen LogP contribution in [-0.4, -0.2) is 13.1 Å². The molecule has 0 atom stereocenters. The second-order valence-corrected chi connectivity index (χ2v) is 6.09. The molecule has 0 saturated heterocycles. The predicted molar refractivity (Wildman–Crippen MR) is 90.3 cm³/mol. The van der Waals surface area contributed by atoms with E-state index in [0.29, 0.717) is 0 Å². The molecule has 0 spiro atoms. The molecule has 0 N–H and O–H groups in total. The molecule has 2 rings (SSSR count). The van der Waals surface area contributed by atoms with Gasteiger partial charge in [-0.1, -0.05) is 75.3 Å². The van der Waals surface area contributed by atoms with Gasteiger partial charge in [0.2, 0.25) is 0 Å². The zero-order valence-corrected chi connectivity index (χ0v) is 13.2. The highest BCUT2D eigenvalue weighted by Gasteiger charge is 2.14. The van der Waals surface area contributed by atoms with Crippen molar-refractivity contribution in [3.8, 4) is 0 Å². The van der Waals surface area contributed by atoms with Crippen LogP contribution in [0.5, 0.6) is 0 Å². The summed E-state index contributed by atoms with van der Waals surface area (Å²) in [5, 5.41) is 0. The lowest BCUT2D eigenvalue weighted by atomic mass is 10.0. The van der Waals surface area contributed by atoms with Crippen LogP contribution in [0.2, 0.25) is 0 Å². The largest absolute Gasteiger partial charge is 0.367 e. The molecular weight excluding hydrogens is 242 g/mol. The van der Waals surface area contributed by atoms with Crippen molar-refractivity contribution in [1.82, 2.24) is 0 Å². The van der Waals surface area contributed by atoms with Crippen molar-refractivity contribution in [2.24, 2.45) is 0 Å². The molecule has 1 aliphatic heterocycles. The second kappa shape index (κ2) is 8.14. The molecule has 0 bridgehead atoms. The Morgan fingerprint density at radius 3 is 2.45 bits per heavy atom. The number of fused-ring (bicyclic) bond motifs is 1. The average molecular weight is 271 g/mol. The Hall–Kier alpha value is -1.24. The second-order valence-electron chi connectivity index (χ2n) is 6.09. The van der Waals surface area contributed by atoms with Gasteiger partial charge in [-0.15, -0.1) is 0 Å². The summed E-state index contributed by atoms with van der Waals surface area (Å²) in [7, 11) is 0. The van der Waals surface area contributed by atoms with E-state index >= 15 is 0 Å². The lowest BCUT2D eigenvalue weighted by molar-refractivity contribution is 0.585. The first-order valence-corrected chi connectivity index (χ1v) is 8.32. The first-order chi connectivity index (χ1) is 9.81. The fourth-order valence-electron chi connectivity index (χ4n) is 3.05. The summed E-state index contributed by atoms with van der Waals surface area (Å²) in [6.07, 6.45) is 12.0. The van der Waals surface area contributed by atoms with Crippen LogP contribution < -0.4 is 4.90 Å². The Labute approximate surface area is 124 Å². The number of anilines is 1. The van der Waals surface area contributed by atoms with E-state index < -0.39 is 0 Å². The van der Waals surface area contributed by atoms with Crippen LogP contribution in [0, 0.1) is 0 Å². The molecule has 0 aliphatic carbocycles. The molecule has 1 aromatic carbocycles. The molecule has 1 heterocycles. The smallest absolute Gasteiger partial charge is 0.0442 e. The Bertz CT molecular complexity index is 433. The van der Waals surface area contributed by atoms with Crippen molar-refractivity contribution in [2.45, 2.75) is 58.8 Å². The van der Waals surface area contributed by atoms with Crippen LogP contribution in [-0.2, 0) is 0 Å². The van der Waals surface area contributed by atoms with Crippen LogP contribution in [0.25, 0.3) is 6.08 Å². The molecule has 1 aliphatic rings. The minimum absolute atomic E-state index is 1.10. The highest BCUT2D eigenvalue weighted by atomic mass is 15.1. The van der Waals surface area contributed by atoms with Crippen LogP contribution in [0.1, 0.15) is 64.4 Å². The van der Waals surface area contributed by atoms with E-state index in [1.54, 1.807) is 0 Å². The van der Waals surface area contributed by atoms with Crippen molar-refractivity contribution in [2.75, 3.05) is 18.0 Å². The van der Waals surface area contributed by atoms with Crippen LogP contribution in [0.3, 0.4) is 0 Å². The number of para-hydroxylation sites is 1. The Kier molecular flexibility index (Phi) is 6.17. The lowest BCUT2D eigenvalue weighted by Gasteiger charge is -2.30. The summed E-state index contributed by atoms with van der Waals surface area (Å²) < 4.78 is 0. The SMILES string of the molecule is CCCCCCCCCN1CC(C)=Cc2ccccc21. The van der Waals surface area contributed by atoms with Gasteiger partial charge in [0, 0.05) is 18.8 Å². The van der Waals surface area contributed by atoms with Gasteiger partial charge in [-0.05, 0) is 25.0 Å². The third kappa shape index (κ3) is 4.40. The third-order valence-corrected chi connectivity index (χ3v) is 4.15. The van der Waals surface area contributed by atoms with Crippen LogP contribution in [0.15, 0.2) is 29.8 Å². The molecule has 110 valence electrons. The maximum Gasteiger partial charge on any atom is 0.0442 e. The fourth-order valence-corrected chi connectivity index (χ4v) is 3.05. The van der Waals surface area contributed by atoms with Gasteiger partial charge in [-0.3, -0.25) is 0 Å². The zero-order valence-electron chi connectivity index (χ0n) is 13.2. The van der Waals surface area contributed by atoms with E-state index in [-0.39, 0.29) is 0 Å². The van der Waals surface area contributed by atoms with E-state index in [0.717, 1.165) is 6.54 Å². The number of nitrogens with zero attached hydrogens (tertiary/aromatic N) is 1. The number of hydrogen-bond acceptors (Lipinski definition) is 1. The Balaban J connectivity index is 1.75. The molecule has 0 amide bonds. The summed E-state index contributed by atoms with van der Waals surface area (Å²) in [6, 6.07) is 8.79. The van der Waals surface area contributed by atoms with Gasteiger partial charge in [0.15, 0.2) is 0 Å². The molecule has 0 saturated carbocycles. The monoisotopic (exact) mass is 271 g/mol. The molecule has 1 aromatic rings. The lowest BCUT2D eigenvalue weighted by Crippen LogP contribution is -2.29. The zero-order chi connectivity index (χ0) is 14.2. The number of benzene rings is 1. The molecule has 1 nitrogen and oxygen atoms in total. The van der Waals surface area contributed by atoms with Crippen LogP contribution >= 0.6 is 0 Å². The average Bonchev–Trinajstić information content (AvgIpc) is 2.46. The van der Waals surface area contributed by atoms with Gasteiger partial charge in [0.25, 0.3) is 0 Å². The van der Waals surface area contributed by atoms with E-state index in [1.165, 1.54) is 68.3 Å². The standard InChI is InChI=1S/C19H29N/c1-3-4-5-6-7-8-11-14-20-16-17(2)15-18-12-9-10-13-19(18)20/h9-10,12-13,15H,3-8,11,14,16H2,1-2H3. The first kappa shape index (κ1) is 15.2. The van der Waals surface area contributed by atoms with Gasteiger partial charge >= 0.3 is 0 Å². The number of unbranched alkanes of at least 4 members (excludes halogenated alkanes) is 6. The number of rotatable bonds is 8. The maximum absolute atomic E-state index is 2.55. The van der Waals surface area contributed by atoms with E-state index in [2.05, 4.69) is 49.1 Å². The highest BCUT2D eigenvalue weighted by Crippen LogP contribution is 2.28. The molecule has 0 unspecified atom stereocenters. The summed E-state index contributed by atoms with van der Waals surface area (Å²) in [6.45, 7) is 6.83. The summed E-state index contributed by atoms with van der Waals surface area (Å²) in [5.74, 6) is 0. The van der Waals surface area contributed by atoms with Gasteiger partial charge in [-0.25, -0.2) is 0 Å². The van der Waals surface area contributed by atoms with Crippen molar-refractivity contribution in [3.63, 3.8) is 0 Å². The van der Waals surface area contributed by atoms with Crippen molar-refractivity contribution < 1.29 is 0 Å². The minimum Gasteiger partial charge on any atom is -0.367 e. The van der Waals surface area contributed by atoms with Crippen molar-refractivity contribution >= 4 is 11.8 Å². The van der Waals surface area contributed by atoms with Gasteiger partial charge in [0.1, 0.15) is 0 Å². The molecule has 0 fully saturated rings. The van der Waals surface area contributed by atoms with E-state index in [4.69, 9.17) is 0 Å². The molecule has 0 aromatic heterocycles. The normalized spacial score (nSPS) is 14.1. The predicted octanol–water partition coefficient (Wildman–Crippen LogP) is 5.66. The molecule has 20 heavy (non-hydrogen) atoms. The first-order valence-electron chi connectivity index (χ1n) is 8.32. The molecular formula is C19H29N. The Morgan fingerprint density at radius 2 is 1.65 bits per heavy atom. The summed E-state index contributed by atoms with van der Waals surface area (Å²) in [5.41, 5.74) is 4.29.